The summed E-state index contributed by atoms with van der Waals surface area (Å²) in [5, 5.41) is 3.62. The van der Waals surface area contributed by atoms with Crippen molar-refractivity contribution in [2.75, 3.05) is 19.8 Å². The lowest BCUT2D eigenvalue weighted by molar-refractivity contribution is 0.0540. The summed E-state index contributed by atoms with van der Waals surface area (Å²) < 4.78 is 5.50. The van der Waals surface area contributed by atoms with E-state index in [0.29, 0.717) is 12.0 Å². The minimum Gasteiger partial charge on any atom is -0.381 e. The Morgan fingerprint density at radius 2 is 2.35 bits per heavy atom. The van der Waals surface area contributed by atoms with E-state index < -0.39 is 0 Å². The molecule has 1 unspecified atom stereocenters. The molecule has 2 nitrogen and oxygen atoms in total. The molecule has 0 spiro atoms. The summed E-state index contributed by atoms with van der Waals surface area (Å²) in [5.74, 6) is 0.691. The molecule has 1 aliphatic rings. The molecule has 2 heteroatoms. The van der Waals surface area contributed by atoms with Gasteiger partial charge in [-0.15, -0.1) is 0 Å². The summed E-state index contributed by atoms with van der Waals surface area (Å²) >= 11 is 0. The van der Waals surface area contributed by atoms with E-state index in [0.717, 1.165) is 19.8 Å². The second-order valence-electron chi connectivity index (χ2n) is 5.13. The predicted molar refractivity (Wildman–Crippen MR) is 71.1 cm³/mol. The summed E-state index contributed by atoms with van der Waals surface area (Å²) in [4.78, 5) is 0. The minimum atomic E-state index is 0.428. The molecule has 1 aromatic carbocycles. The van der Waals surface area contributed by atoms with E-state index in [1.54, 1.807) is 0 Å². The molecule has 0 amide bonds. The largest absolute Gasteiger partial charge is 0.381 e. The Morgan fingerprint density at radius 1 is 1.47 bits per heavy atom. The third kappa shape index (κ3) is 3.83. The van der Waals surface area contributed by atoms with Crippen LogP contribution in [0.3, 0.4) is 0 Å². The average molecular weight is 233 g/mol. The van der Waals surface area contributed by atoms with Crippen LogP contribution in [0.5, 0.6) is 0 Å². The van der Waals surface area contributed by atoms with Crippen LogP contribution in [0.2, 0.25) is 0 Å². The van der Waals surface area contributed by atoms with Crippen LogP contribution in [0.25, 0.3) is 0 Å². The molecular formula is C15H23NO. The number of benzene rings is 1. The van der Waals surface area contributed by atoms with Crippen molar-refractivity contribution < 1.29 is 4.74 Å². The standard InChI is InChI=1S/C15H23NO/c1-12-5-3-7-15(9-12)13(2)16-10-14-6-4-8-17-11-14/h3,5,7,9,13-14,16H,4,6,8,10-11H2,1-2H3/t13-,14?/m0/s1. The van der Waals surface area contributed by atoms with Crippen molar-refractivity contribution in [3.05, 3.63) is 35.4 Å². The van der Waals surface area contributed by atoms with Crippen LogP contribution in [0.4, 0.5) is 0 Å². The third-order valence-corrected chi connectivity index (χ3v) is 3.51. The fourth-order valence-electron chi connectivity index (χ4n) is 2.37. The van der Waals surface area contributed by atoms with E-state index in [4.69, 9.17) is 4.74 Å². The van der Waals surface area contributed by atoms with E-state index >= 15 is 0 Å². The normalized spacial score (nSPS) is 22.4. The number of nitrogens with one attached hydrogen (secondary N) is 1. The summed E-state index contributed by atoms with van der Waals surface area (Å²) in [6, 6.07) is 9.16. The highest BCUT2D eigenvalue weighted by Crippen LogP contribution is 2.16. The average Bonchev–Trinajstić information content (AvgIpc) is 2.37. The molecule has 0 aromatic heterocycles. The van der Waals surface area contributed by atoms with E-state index in [-0.39, 0.29) is 0 Å². The molecular weight excluding hydrogens is 210 g/mol. The fourth-order valence-corrected chi connectivity index (χ4v) is 2.37. The number of ether oxygens (including phenoxy) is 1. The van der Waals surface area contributed by atoms with Crippen LogP contribution in [-0.4, -0.2) is 19.8 Å². The molecule has 1 aliphatic heterocycles. The van der Waals surface area contributed by atoms with Crippen LogP contribution < -0.4 is 5.32 Å². The van der Waals surface area contributed by atoms with Crippen LogP contribution in [0, 0.1) is 12.8 Å². The van der Waals surface area contributed by atoms with Gasteiger partial charge in [0.1, 0.15) is 0 Å². The van der Waals surface area contributed by atoms with Crippen molar-refractivity contribution in [2.24, 2.45) is 5.92 Å². The van der Waals surface area contributed by atoms with Gasteiger partial charge in [0.25, 0.3) is 0 Å². The molecule has 0 saturated carbocycles. The van der Waals surface area contributed by atoms with Crippen LogP contribution >= 0.6 is 0 Å². The van der Waals surface area contributed by atoms with Crippen molar-refractivity contribution in [1.29, 1.82) is 0 Å². The third-order valence-electron chi connectivity index (χ3n) is 3.51. The fraction of sp³-hybridized carbons (Fsp3) is 0.600. The van der Waals surface area contributed by atoms with Crippen molar-refractivity contribution in [3.63, 3.8) is 0 Å². The summed E-state index contributed by atoms with van der Waals surface area (Å²) in [5.41, 5.74) is 2.71. The molecule has 1 aromatic rings. The molecule has 1 N–H and O–H groups in total. The lowest BCUT2D eigenvalue weighted by Crippen LogP contribution is -2.30. The van der Waals surface area contributed by atoms with Gasteiger partial charge < -0.3 is 10.1 Å². The molecule has 0 bridgehead atoms. The van der Waals surface area contributed by atoms with E-state index in [1.807, 2.05) is 0 Å². The molecule has 1 heterocycles. The zero-order valence-electron chi connectivity index (χ0n) is 10.9. The van der Waals surface area contributed by atoms with E-state index in [1.165, 1.54) is 24.0 Å². The van der Waals surface area contributed by atoms with Crippen LogP contribution in [0.1, 0.15) is 36.9 Å². The lowest BCUT2D eigenvalue weighted by Gasteiger charge is -2.24. The Bertz CT molecular complexity index is 345. The van der Waals surface area contributed by atoms with Gasteiger partial charge in [-0.2, -0.15) is 0 Å². The second-order valence-corrected chi connectivity index (χ2v) is 5.13. The van der Waals surface area contributed by atoms with Crippen molar-refractivity contribution in [2.45, 2.75) is 32.7 Å². The zero-order chi connectivity index (χ0) is 12.1. The SMILES string of the molecule is Cc1cccc([C@H](C)NCC2CCCOC2)c1. The maximum atomic E-state index is 5.50. The highest BCUT2D eigenvalue weighted by atomic mass is 16.5. The predicted octanol–water partition coefficient (Wildman–Crippen LogP) is 3.07. The van der Waals surface area contributed by atoms with Crippen LogP contribution in [-0.2, 0) is 4.74 Å². The van der Waals surface area contributed by atoms with Crippen molar-refractivity contribution in [3.8, 4) is 0 Å². The molecule has 0 radical (unpaired) electrons. The summed E-state index contributed by atoms with van der Waals surface area (Å²) in [6.07, 6.45) is 2.51. The molecule has 1 fully saturated rings. The maximum absolute atomic E-state index is 5.50. The maximum Gasteiger partial charge on any atom is 0.0506 e. The second kappa shape index (κ2) is 6.18. The smallest absolute Gasteiger partial charge is 0.0506 e. The highest BCUT2D eigenvalue weighted by molar-refractivity contribution is 5.24. The molecule has 1 saturated heterocycles. The van der Waals surface area contributed by atoms with E-state index in [2.05, 4.69) is 43.4 Å². The van der Waals surface area contributed by atoms with Crippen molar-refractivity contribution >= 4 is 0 Å². The van der Waals surface area contributed by atoms with Gasteiger partial charge in [0.05, 0.1) is 6.61 Å². The molecule has 0 aliphatic carbocycles. The Kier molecular flexibility index (Phi) is 4.57. The first kappa shape index (κ1) is 12.6. The quantitative estimate of drug-likeness (QED) is 0.863. The first-order valence-electron chi connectivity index (χ1n) is 6.63. The van der Waals surface area contributed by atoms with E-state index in [9.17, 15) is 0 Å². The Hall–Kier alpha value is -0.860. The topological polar surface area (TPSA) is 21.3 Å². The van der Waals surface area contributed by atoms with Gasteiger partial charge in [-0.25, -0.2) is 0 Å². The molecule has 2 rings (SSSR count). The summed E-state index contributed by atoms with van der Waals surface area (Å²) in [7, 11) is 0. The van der Waals surface area contributed by atoms with Gasteiger partial charge in [-0.05, 0) is 38.2 Å². The Morgan fingerprint density at radius 3 is 3.06 bits per heavy atom. The first-order valence-corrected chi connectivity index (χ1v) is 6.63. The van der Waals surface area contributed by atoms with Gasteiger partial charge in [0.15, 0.2) is 0 Å². The minimum absolute atomic E-state index is 0.428. The molecule has 2 atom stereocenters. The number of aryl methyl sites for hydroxylation is 1. The number of hydrogen-bond donors (Lipinski definition) is 1. The zero-order valence-corrected chi connectivity index (χ0v) is 10.9. The molecule has 94 valence electrons. The summed E-state index contributed by atoms with van der Waals surface area (Å²) in [6.45, 7) is 7.32. The molecule has 17 heavy (non-hydrogen) atoms. The monoisotopic (exact) mass is 233 g/mol. The lowest BCUT2D eigenvalue weighted by atomic mass is 10.0. The Labute approximate surface area is 104 Å². The highest BCUT2D eigenvalue weighted by Gasteiger charge is 2.14. The number of rotatable bonds is 4. The number of hydrogen-bond acceptors (Lipinski definition) is 2. The first-order chi connectivity index (χ1) is 8.25. The van der Waals surface area contributed by atoms with Gasteiger partial charge in [0, 0.05) is 19.2 Å². The van der Waals surface area contributed by atoms with Gasteiger partial charge in [-0.1, -0.05) is 29.8 Å². The van der Waals surface area contributed by atoms with Gasteiger partial charge >= 0.3 is 0 Å². The van der Waals surface area contributed by atoms with Gasteiger partial charge in [-0.3, -0.25) is 0 Å². The van der Waals surface area contributed by atoms with Crippen molar-refractivity contribution in [1.82, 2.24) is 5.32 Å². The van der Waals surface area contributed by atoms with Gasteiger partial charge in [0.2, 0.25) is 0 Å². The Balaban J connectivity index is 1.82. The van der Waals surface area contributed by atoms with Crippen LogP contribution in [0.15, 0.2) is 24.3 Å².